The third kappa shape index (κ3) is 2.52. The van der Waals surface area contributed by atoms with Gasteiger partial charge in [0.25, 0.3) is 0 Å². The fourth-order valence-electron chi connectivity index (χ4n) is 2.24. The smallest absolute Gasteiger partial charge is 0.134 e. The van der Waals surface area contributed by atoms with E-state index in [2.05, 4.69) is 38.2 Å². The Morgan fingerprint density at radius 3 is 2.71 bits per heavy atom. The van der Waals surface area contributed by atoms with Gasteiger partial charge in [0.05, 0.1) is 6.26 Å². The first-order valence-electron chi connectivity index (χ1n) is 6.43. The van der Waals surface area contributed by atoms with Gasteiger partial charge < -0.3 is 9.73 Å². The van der Waals surface area contributed by atoms with Gasteiger partial charge in [-0.1, -0.05) is 39.0 Å². The molecule has 0 bridgehead atoms. The predicted octanol–water partition coefficient (Wildman–Crippen LogP) is 4.13. The van der Waals surface area contributed by atoms with Crippen LogP contribution in [0.25, 0.3) is 11.0 Å². The molecule has 1 heterocycles. The van der Waals surface area contributed by atoms with Crippen LogP contribution in [0.5, 0.6) is 0 Å². The summed E-state index contributed by atoms with van der Waals surface area (Å²) in [7, 11) is 0. The second kappa shape index (κ2) is 5.37. The SMILES string of the molecule is CCCNC(c1coc2ccccc12)C(C)C. The molecule has 17 heavy (non-hydrogen) atoms. The third-order valence-corrected chi connectivity index (χ3v) is 3.13. The number of fused-ring (bicyclic) bond motifs is 1. The molecule has 2 nitrogen and oxygen atoms in total. The summed E-state index contributed by atoms with van der Waals surface area (Å²) in [6.45, 7) is 7.73. The second-order valence-electron chi connectivity index (χ2n) is 4.86. The van der Waals surface area contributed by atoms with Crippen LogP contribution in [-0.4, -0.2) is 6.54 Å². The van der Waals surface area contributed by atoms with Gasteiger partial charge in [0.1, 0.15) is 5.58 Å². The maximum absolute atomic E-state index is 5.62. The van der Waals surface area contributed by atoms with Crippen molar-refractivity contribution in [1.29, 1.82) is 0 Å². The molecule has 1 aromatic heterocycles. The first-order valence-corrected chi connectivity index (χ1v) is 6.43. The van der Waals surface area contributed by atoms with E-state index < -0.39 is 0 Å². The summed E-state index contributed by atoms with van der Waals surface area (Å²) in [4.78, 5) is 0. The number of benzene rings is 1. The lowest BCUT2D eigenvalue weighted by Crippen LogP contribution is -2.26. The first kappa shape index (κ1) is 12.2. The van der Waals surface area contributed by atoms with Crippen molar-refractivity contribution in [2.75, 3.05) is 6.54 Å². The largest absolute Gasteiger partial charge is 0.464 e. The van der Waals surface area contributed by atoms with Crippen LogP contribution in [0.4, 0.5) is 0 Å². The van der Waals surface area contributed by atoms with Crippen molar-refractivity contribution < 1.29 is 4.42 Å². The Kier molecular flexibility index (Phi) is 3.85. The second-order valence-corrected chi connectivity index (χ2v) is 4.86. The number of hydrogen-bond donors (Lipinski definition) is 1. The van der Waals surface area contributed by atoms with Crippen LogP contribution >= 0.6 is 0 Å². The lowest BCUT2D eigenvalue weighted by Gasteiger charge is -2.21. The van der Waals surface area contributed by atoms with Crippen LogP contribution < -0.4 is 5.32 Å². The Morgan fingerprint density at radius 1 is 1.24 bits per heavy atom. The molecule has 0 spiro atoms. The normalized spacial score (nSPS) is 13.4. The average molecular weight is 231 g/mol. The Morgan fingerprint density at radius 2 is 2.00 bits per heavy atom. The summed E-state index contributed by atoms with van der Waals surface area (Å²) in [5.74, 6) is 0.558. The minimum atomic E-state index is 0.374. The van der Waals surface area contributed by atoms with Crippen molar-refractivity contribution in [1.82, 2.24) is 5.32 Å². The Hall–Kier alpha value is -1.28. The molecule has 2 aromatic rings. The predicted molar refractivity (Wildman–Crippen MR) is 72.1 cm³/mol. The van der Waals surface area contributed by atoms with E-state index in [0.29, 0.717) is 12.0 Å². The molecule has 0 aliphatic heterocycles. The number of furan rings is 1. The van der Waals surface area contributed by atoms with Gasteiger partial charge in [0.2, 0.25) is 0 Å². The van der Waals surface area contributed by atoms with Crippen LogP contribution in [-0.2, 0) is 0 Å². The zero-order valence-corrected chi connectivity index (χ0v) is 10.9. The molecule has 0 aliphatic rings. The molecule has 2 heteroatoms. The zero-order valence-electron chi connectivity index (χ0n) is 10.9. The molecule has 2 rings (SSSR count). The average Bonchev–Trinajstić information content (AvgIpc) is 2.73. The van der Waals surface area contributed by atoms with E-state index in [9.17, 15) is 0 Å². The molecule has 0 saturated carbocycles. The molecule has 0 aliphatic carbocycles. The van der Waals surface area contributed by atoms with E-state index >= 15 is 0 Å². The van der Waals surface area contributed by atoms with Crippen LogP contribution in [0.2, 0.25) is 0 Å². The van der Waals surface area contributed by atoms with Gasteiger partial charge in [-0.05, 0) is 24.9 Å². The maximum Gasteiger partial charge on any atom is 0.134 e. The van der Waals surface area contributed by atoms with Gasteiger partial charge in [-0.3, -0.25) is 0 Å². The summed E-state index contributed by atoms with van der Waals surface area (Å²) in [6, 6.07) is 8.62. The number of rotatable bonds is 5. The third-order valence-electron chi connectivity index (χ3n) is 3.13. The highest BCUT2D eigenvalue weighted by molar-refractivity contribution is 5.81. The van der Waals surface area contributed by atoms with E-state index in [0.717, 1.165) is 18.5 Å². The molecule has 1 atom stereocenters. The summed E-state index contributed by atoms with van der Waals surface area (Å²) in [5, 5.41) is 4.83. The van der Waals surface area contributed by atoms with Crippen molar-refractivity contribution in [2.24, 2.45) is 5.92 Å². The highest BCUT2D eigenvalue weighted by Gasteiger charge is 2.19. The van der Waals surface area contributed by atoms with Gasteiger partial charge in [-0.2, -0.15) is 0 Å². The van der Waals surface area contributed by atoms with Crippen LogP contribution in [0, 0.1) is 5.92 Å². The molecule has 0 amide bonds. The lowest BCUT2D eigenvalue weighted by atomic mass is 9.95. The molecule has 0 radical (unpaired) electrons. The lowest BCUT2D eigenvalue weighted by molar-refractivity contribution is 0.410. The summed E-state index contributed by atoms with van der Waals surface area (Å²) < 4.78 is 5.62. The van der Waals surface area contributed by atoms with Gasteiger partial charge in [-0.15, -0.1) is 0 Å². The van der Waals surface area contributed by atoms with Crippen molar-refractivity contribution in [3.8, 4) is 0 Å². The van der Waals surface area contributed by atoms with Crippen LogP contribution in [0.15, 0.2) is 34.9 Å². The van der Waals surface area contributed by atoms with E-state index in [-0.39, 0.29) is 0 Å². The first-order chi connectivity index (χ1) is 8.24. The monoisotopic (exact) mass is 231 g/mol. The summed E-state index contributed by atoms with van der Waals surface area (Å²) in [5.41, 5.74) is 2.26. The minimum absolute atomic E-state index is 0.374. The van der Waals surface area contributed by atoms with E-state index in [1.165, 1.54) is 10.9 Å². The van der Waals surface area contributed by atoms with E-state index in [1.54, 1.807) is 0 Å². The highest BCUT2D eigenvalue weighted by Crippen LogP contribution is 2.30. The van der Waals surface area contributed by atoms with Crippen molar-refractivity contribution in [2.45, 2.75) is 33.2 Å². The number of para-hydroxylation sites is 1. The zero-order chi connectivity index (χ0) is 12.3. The molecule has 1 unspecified atom stereocenters. The van der Waals surface area contributed by atoms with Gasteiger partial charge in [-0.25, -0.2) is 0 Å². The summed E-state index contributed by atoms with van der Waals surface area (Å²) >= 11 is 0. The topological polar surface area (TPSA) is 25.2 Å². The van der Waals surface area contributed by atoms with Crippen molar-refractivity contribution in [3.63, 3.8) is 0 Å². The van der Waals surface area contributed by atoms with Crippen molar-refractivity contribution in [3.05, 3.63) is 36.1 Å². The molecule has 92 valence electrons. The summed E-state index contributed by atoms with van der Waals surface area (Å²) in [6.07, 6.45) is 3.05. The minimum Gasteiger partial charge on any atom is -0.464 e. The maximum atomic E-state index is 5.62. The molecule has 0 saturated heterocycles. The Balaban J connectivity index is 2.34. The highest BCUT2D eigenvalue weighted by atomic mass is 16.3. The van der Waals surface area contributed by atoms with Gasteiger partial charge in [0, 0.05) is 17.0 Å². The van der Waals surface area contributed by atoms with Gasteiger partial charge in [0.15, 0.2) is 0 Å². The standard InChI is InChI=1S/C15H21NO/c1-4-9-16-15(11(2)3)13-10-17-14-8-6-5-7-12(13)14/h5-8,10-11,15-16H,4,9H2,1-3H3. The molecule has 1 N–H and O–H groups in total. The van der Waals surface area contributed by atoms with Crippen LogP contribution in [0.1, 0.15) is 38.8 Å². The van der Waals surface area contributed by atoms with E-state index in [1.807, 2.05) is 18.4 Å². The van der Waals surface area contributed by atoms with Crippen LogP contribution in [0.3, 0.4) is 0 Å². The Bertz CT molecular complexity index is 472. The van der Waals surface area contributed by atoms with Crippen molar-refractivity contribution >= 4 is 11.0 Å². The fourth-order valence-corrected chi connectivity index (χ4v) is 2.24. The molecular weight excluding hydrogens is 210 g/mol. The fraction of sp³-hybridized carbons (Fsp3) is 0.467. The van der Waals surface area contributed by atoms with E-state index in [4.69, 9.17) is 4.42 Å². The number of nitrogens with one attached hydrogen (secondary N) is 1. The molecule has 1 aromatic carbocycles. The number of hydrogen-bond acceptors (Lipinski definition) is 2. The molecule has 0 fully saturated rings. The quantitative estimate of drug-likeness (QED) is 0.837. The van der Waals surface area contributed by atoms with Gasteiger partial charge >= 0.3 is 0 Å². The Labute approximate surface area is 103 Å². The molecular formula is C15H21NO.